The van der Waals surface area contributed by atoms with Gasteiger partial charge in [-0.15, -0.1) is 24.0 Å². The van der Waals surface area contributed by atoms with Crippen LogP contribution in [-0.2, 0) is 21.0 Å². The summed E-state index contributed by atoms with van der Waals surface area (Å²) in [6, 6.07) is 1.99. The Morgan fingerprint density at radius 1 is 0.544 bits per heavy atom. The molecule has 0 bridgehead atoms. The number of nitrogens with zero attached hydrogens (tertiary/aromatic N) is 3. The summed E-state index contributed by atoms with van der Waals surface area (Å²) in [7, 11) is 3.34. The Morgan fingerprint density at radius 2 is 0.860 bits per heavy atom. The number of amides is 1. The van der Waals surface area contributed by atoms with E-state index in [9.17, 15) is 35.1 Å². The molecule has 1 aromatic rings. The van der Waals surface area contributed by atoms with Crippen LogP contribution in [0.3, 0.4) is 0 Å². The second-order valence-electron chi connectivity index (χ2n) is 40.7. The summed E-state index contributed by atoms with van der Waals surface area (Å²) in [5.41, 5.74) is 0.539. The molecule has 0 aliphatic heterocycles. The molecule has 1 aromatic heterocycles. The standard InChI is InChI=1S/C23H35NO3.C22H37NO3.C20H33NO2.C20H32O2.C3H4O.CH4.Al.ClH.2F2.2FH.Li.H3NO.4H/c1-22(26)9-7-16-14(12-22)3-4-18-17(16)8-10-23(2)19(18)5-6-20(23)21-11-15(13-25)27-24-21;1-21(25)11-9-15-14(13-21)5-6-17-16(15)10-12-22(2)18(17)7-8-19(22)20(24)23(3)26-4;1-19(22)9-7-15-13(11-19)3-5-17-16(15)8-10-20(2)14(12-21-23)4-6-18(17)20;1-19(22)9-7-15-13(11-19)3-5-17-16(15)8-10-20(2)14(12-21)4-6-18(17)20;1-2-3-4;;;;2*1-2;;;;1-2;;;;/h11,14,16-20,25-26H,3-10,12-13H2,1-2H3;14-19,25H,5-13H2,1-4H3;12-18,22-23H,3-11H2,1-2H3;12-18,22H,3-11H2,1-2H3;1,4H,3H2;1H4;;1H;;;2*1H;;2H,1H2;;;;/q;;;;;;;;;;;;+1;;;;;-1/b;;21-12+;;;;;;;;;;;;;;;/t14-,16+,17-,18-,19+,20-,22-,23+;14-,15-,16+,17+,18-,19+,21+,22-;2*13-,14+,15-,16+,17+,18-,19+,20+;;;;;;;;;;;;;;/m1000............../s1. The summed E-state index contributed by atoms with van der Waals surface area (Å²) in [5, 5.41) is 83.6. The third kappa shape index (κ3) is 21.1. The van der Waals surface area contributed by atoms with Gasteiger partial charge in [0.2, 0.25) is 5.91 Å². The van der Waals surface area contributed by atoms with E-state index in [0.29, 0.717) is 45.7 Å². The van der Waals surface area contributed by atoms with Crippen molar-refractivity contribution in [3.05, 3.63) is 17.5 Å². The van der Waals surface area contributed by atoms with Gasteiger partial charge in [0, 0.05) is 61.3 Å². The Balaban J connectivity index is 0.000000375. The first-order chi connectivity index (χ1) is 51.5. The van der Waals surface area contributed by atoms with Gasteiger partial charge in [-0.3, -0.25) is 19.0 Å². The van der Waals surface area contributed by atoms with Gasteiger partial charge in [0.05, 0.1) is 35.2 Å². The molecule has 114 heavy (non-hydrogen) atoms. The summed E-state index contributed by atoms with van der Waals surface area (Å²) in [6.45, 7) is 17.7. The van der Waals surface area contributed by atoms with Crippen LogP contribution in [0.4, 0.5) is 27.7 Å². The maximum Gasteiger partial charge on any atom is 1.00 e. The molecule has 25 heteroatoms. The van der Waals surface area contributed by atoms with Gasteiger partial charge >= 0.3 is 18.9 Å². The second kappa shape index (κ2) is 43.4. The van der Waals surface area contributed by atoms with Crippen molar-refractivity contribution >= 4 is 48.2 Å². The summed E-state index contributed by atoms with van der Waals surface area (Å²) in [6.07, 6.45) is 51.3. The fraction of sp³-hybridized carbons (Fsp3) is 0.910. The molecule has 0 spiro atoms. The third-order valence-corrected chi connectivity index (χ3v) is 35.6. The number of aldehydes is 1. The monoisotopic (exact) mass is 1660 g/mol. The van der Waals surface area contributed by atoms with Crippen molar-refractivity contribution in [2.24, 2.45) is 169 Å². The number of rotatable bonds is 6. The van der Waals surface area contributed by atoms with E-state index in [1.807, 2.05) is 45.9 Å². The van der Waals surface area contributed by atoms with Crippen molar-refractivity contribution in [3.63, 3.8) is 0 Å². The van der Waals surface area contributed by atoms with E-state index in [0.717, 1.165) is 182 Å². The van der Waals surface area contributed by atoms with E-state index in [4.69, 9.17) is 43.2 Å². The van der Waals surface area contributed by atoms with Crippen LogP contribution < -0.4 is 24.8 Å². The third-order valence-electron chi connectivity index (χ3n) is 35.6. The average molecular weight is 1660 g/mol. The van der Waals surface area contributed by atoms with E-state index in [1.165, 1.54) is 178 Å². The molecule has 656 valence electrons. The van der Waals surface area contributed by atoms with E-state index in [2.05, 4.69) is 50.3 Å². The van der Waals surface area contributed by atoms with Crippen molar-refractivity contribution < 1.29 is 108 Å². The fourth-order valence-electron chi connectivity index (χ4n) is 30.7. The number of carbonyl (C=O) groups excluding carboxylic acids is 2. The van der Waals surface area contributed by atoms with Crippen molar-refractivity contribution in [2.75, 3.05) is 20.8 Å². The van der Waals surface area contributed by atoms with Crippen LogP contribution in [-0.4, -0.2) is 130 Å². The largest absolute Gasteiger partial charge is 1.00 e. The van der Waals surface area contributed by atoms with Gasteiger partial charge < -0.3 is 51.8 Å². The van der Waals surface area contributed by atoms with Gasteiger partial charge in [-0.1, -0.05) is 46.2 Å². The van der Waals surface area contributed by atoms with Gasteiger partial charge in [-0.25, -0.2) is 11.0 Å². The molecule has 0 radical (unpaired) electrons. The maximum absolute atomic E-state index is 12.9. The molecule has 16 saturated carbocycles. The van der Waals surface area contributed by atoms with Crippen LogP contribution in [0, 0.1) is 170 Å². The van der Waals surface area contributed by atoms with Crippen LogP contribution in [0.15, 0.2) is 15.7 Å². The zero-order valence-electron chi connectivity index (χ0n) is 70.9. The van der Waals surface area contributed by atoms with Gasteiger partial charge in [0.1, 0.15) is 19.5 Å². The molecule has 0 aromatic carbocycles. The van der Waals surface area contributed by atoms with Crippen molar-refractivity contribution in [2.45, 2.75) is 329 Å². The van der Waals surface area contributed by atoms with Gasteiger partial charge in [-0.2, -0.15) is 0 Å². The van der Waals surface area contributed by atoms with Crippen LogP contribution in [0.25, 0.3) is 0 Å². The minimum absolute atomic E-state index is 0. The zero-order chi connectivity index (χ0) is 78.7. The minimum atomic E-state index is -0.438. The Morgan fingerprint density at radius 3 is 1.20 bits per heavy atom. The quantitative estimate of drug-likeness (QED) is 0.0244. The topological polar surface area (TPSA) is 273 Å². The molecule has 1 amide bonds. The molecule has 16 aliphatic rings. The van der Waals surface area contributed by atoms with Crippen LogP contribution in [0.1, 0.15) is 313 Å². The second-order valence-corrected chi connectivity index (χ2v) is 40.7. The molecular weight excluding hydrogens is 1500 g/mol. The first-order valence-corrected chi connectivity index (χ1v) is 43.0. The Labute approximate surface area is 710 Å². The number of hydrogen-bond donors (Lipinski definition) is 9. The van der Waals surface area contributed by atoms with Crippen molar-refractivity contribution in [1.29, 1.82) is 0 Å². The van der Waals surface area contributed by atoms with Crippen LogP contribution in [0.2, 0.25) is 0 Å². The SMILES string of the molecule is C.C#CCO.CON(C)C(=O)[C@H]1CC[C@H]2[C@@H]3CC[C@H]4C[C@](C)(O)CC[C@@H]4[C@H]3CC[C@]12C.C[C@@]1(O)CC[C@H]2[C@@H](CC[C@@H]3[C@@H]2CC[C@]2(C)[C@@H](/C=N/O)CC[C@@H]32)C1.C[C@@]1(O)CC[C@H]2[C@@H](CC[C@@H]3[C@@H]2CC[C@]2(C)[C@@H](C=O)CC[C@@H]32)C1.C[C@@]1(O)CC[C@H]2[C@H](CC[C@@H]3[C@@H]2CC[C@]2(C)[C@@H](c4cc(CO)on4)CC[C@@H]32)C1.Cl.F.F.FF.FF.NO.[AlH3].[H-].[Li+]. The molecule has 0 saturated heterocycles. The van der Waals surface area contributed by atoms with E-state index in [-0.39, 0.29) is 97.3 Å². The number of aliphatic hydroxyl groups is 6. The first kappa shape index (κ1) is 104. The Hall–Kier alpha value is -1.98. The number of aromatic nitrogens is 1. The minimum Gasteiger partial charge on any atom is -1.00 e. The van der Waals surface area contributed by atoms with E-state index < -0.39 is 22.4 Å². The van der Waals surface area contributed by atoms with Crippen molar-refractivity contribution in [3.8, 4) is 12.3 Å². The summed E-state index contributed by atoms with van der Waals surface area (Å²) in [4.78, 5) is 29.6. The predicted octanol–water partition coefficient (Wildman–Crippen LogP) is 15.3. The molecular formula is C89H155AlClF6LiN4O12. The van der Waals surface area contributed by atoms with E-state index in [1.54, 1.807) is 14.2 Å². The number of halogens is 7. The number of hydrogen-bond acceptors (Lipinski definition) is 15. The smallest absolute Gasteiger partial charge is 1.00 e. The van der Waals surface area contributed by atoms with Gasteiger partial charge in [0.15, 0.2) is 23.1 Å². The fourth-order valence-corrected chi connectivity index (χ4v) is 30.7. The zero-order valence-corrected chi connectivity index (χ0v) is 70.7. The number of fused-ring (bicyclic) bond motifs is 20. The number of oxime groups is 1. The number of terminal acetylenes is 1. The Bertz CT molecular complexity index is 3170. The average Bonchev–Trinajstić information content (AvgIpc) is 1.64. The molecule has 1 heterocycles. The van der Waals surface area contributed by atoms with Crippen LogP contribution >= 0.6 is 12.4 Å². The number of hydroxylamine groups is 2. The maximum atomic E-state index is 12.9. The summed E-state index contributed by atoms with van der Waals surface area (Å²) < 4.78 is 37.3. The normalized spacial score (nSPS) is 46.0. The molecule has 17 rings (SSSR count). The summed E-state index contributed by atoms with van der Waals surface area (Å²) >= 11 is 0. The molecule has 32 atom stereocenters. The first-order valence-electron chi connectivity index (χ1n) is 43.0. The molecule has 16 aliphatic carbocycles. The van der Waals surface area contributed by atoms with E-state index >= 15 is 0 Å². The molecule has 16 nitrogen and oxygen atoms in total. The molecule has 0 unspecified atom stereocenters. The van der Waals surface area contributed by atoms with Gasteiger partial charge in [0.25, 0.3) is 0 Å². The molecule has 16 fully saturated rings. The molecule has 10 N–H and O–H groups in total. The number of nitrogens with two attached hydrogens (primary N) is 1. The number of carbonyl (C=O) groups is 2. The Kier molecular flexibility index (Phi) is 39.7. The van der Waals surface area contributed by atoms with Crippen LogP contribution in [0.5, 0.6) is 0 Å². The number of aliphatic hydroxyl groups excluding tert-OH is 2. The summed E-state index contributed by atoms with van der Waals surface area (Å²) in [5.74, 6) is 24.1. The predicted molar refractivity (Wildman–Crippen MR) is 439 cm³/mol. The van der Waals surface area contributed by atoms with Gasteiger partial charge in [-0.05, 0) is 399 Å². The van der Waals surface area contributed by atoms with Crippen molar-refractivity contribution in [1.82, 2.24) is 10.2 Å².